The summed E-state index contributed by atoms with van der Waals surface area (Å²) in [6.07, 6.45) is 1.88. The number of nitrogens with two attached hydrogens (primary N) is 1. The van der Waals surface area contributed by atoms with Crippen LogP contribution in [0.2, 0.25) is 0 Å². The molecular formula is C13H16N2S. The molecule has 84 valence electrons. The maximum Gasteiger partial charge on any atom is 0.0897 e. The van der Waals surface area contributed by atoms with Gasteiger partial charge in [-0.3, -0.25) is 0 Å². The van der Waals surface area contributed by atoms with Crippen LogP contribution in [-0.2, 0) is 0 Å². The molecule has 0 spiro atoms. The molecule has 0 aliphatic rings. The van der Waals surface area contributed by atoms with Crippen LogP contribution >= 0.6 is 11.3 Å². The topological polar surface area (TPSA) is 38.9 Å². The fourth-order valence-corrected chi connectivity index (χ4v) is 2.69. The number of nitrogens with zero attached hydrogens (tertiary/aromatic N) is 1. The fraction of sp³-hybridized carbons (Fsp3) is 0.308. The Morgan fingerprint density at radius 1 is 1.12 bits per heavy atom. The second-order valence-electron chi connectivity index (χ2n) is 4.18. The van der Waals surface area contributed by atoms with E-state index in [4.69, 9.17) is 5.73 Å². The Morgan fingerprint density at radius 2 is 1.75 bits per heavy atom. The lowest BCUT2D eigenvalue weighted by molar-refractivity contribution is 0.885. The van der Waals surface area contributed by atoms with Gasteiger partial charge in [-0.2, -0.15) is 0 Å². The zero-order valence-corrected chi connectivity index (χ0v) is 10.6. The Hall–Kier alpha value is -1.19. The summed E-state index contributed by atoms with van der Waals surface area (Å²) in [4.78, 5) is 5.37. The maximum absolute atomic E-state index is 6.24. The maximum atomic E-state index is 6.24. The van der Waals surface area contributed by atoms with Crippen LogP contribution in [0.15, 0.2) is 24.4 Å². The summed E-state index contributed by atoms with van der Waals surface area (Å²) in [5.74, 6) is 0. The van der Waals surface area contributed by atoms with Crippen molar-refractivity contribution < 1.29 is 0 Å². The number of thiazole rings is 1. The highest BCUT2D eigenvalue weighted by atomic mass is 32.1. The molecule has 16 heavy (non-hydrogen) atoms. The van der Waals surface area contributed by atoms with Gasteiger partial charge in [-0.25, -0.2) is 4.98 Å². The number of aryl methyl sites for hydroxylation is 3. The van der Waals surface area contributed by atoms with Crippen molar-refractivity contribution >= 4 is 11.3 Å². The summed E-state index contributed by atoms with van der Waals surface area (Å²) in [5.41, 5.74) is 9.92. The predicted octanol–water partition coefficient (Wildman–Crippen LogP) is 3.12. The molecule has 0 fully saturated rings. The van der Waals surface area contributed by atoms with Crippen LogP contribution in [0.1, 0.15) is 32.6 Å². The summed E-state index contributed by atoms with van der Waals surface area (Å²) in [6, 6.07) is 6.40. The fourth-order valence-electron chi connectivity index (χ4n) is 1.88. The van der Waals surface area contributed by atoms with E-state index in [0.717, 1.165) is 9.88 Å². The molecular weight excluding hydrogens is 216 g/mol. The number of hydrogen-bond acceptors (Lipinski definition) is 3. The Morgan fingerprint density at radius 3 is 2.25 bits per heavy atom. The average Bonchev–Trinajstić information content (AvgIpc) is 2.62. The molecule has 2 nitrogen and oxygen atoms in total. The highest BCUT2D eigenvalue weighted by molar-refractivity contribution is 7.11. The van der Waals surface area contributed by atoms with Crippen LogP contribution in [-0.4, -0.2) is 4.98 Å². The molecule has 1 heterocycles. The highest BCUT2D eigenvalue weighted by Crippen LogP contribution is 2.25. The second kappa shape index (κ2) is 4.36. The molecule has 2 N–H and O–H groups in total. The van der Waals surface area contributed by atoms with Gasteiger partial charge in [-0.15, -0.1) is 11.3 Å². The lowest BCUT2D eigenvalue weighted by Gasteiger charge is -2.11. The minimum absolute atomic E-state index is 0.0511. The molecule has 1 aromatic carbocycles. The smallest absolute Gasteiger partial charge is 0.0897 e. The molecule has 1 unspecified atom stereocenters. The van der Waals surface area contributed by atoms with Crippen molar-refractivity contribution in [3.05, 3.63) is 51.0 Å². The second-order valence-corrected chi connectivity index (χ2v) is 5.45. The van der Waals surface area contributed by atoms with E-state index >= 15 is 0 Å². The minimum Gasteiger partial charge on any atom is -0.320 e. The van der Waals surface area contributed by atoms with E-state index in [9.17, 15) is 0 Å². The molecule has 0 aliphatic carbocycles. The minimum atomic E-state index is -0.0511. The van der Waals surface area contributed by atoms with Gasteiger partial charge >= 0.3 is 0 Å². The van der Waals surface area contributed by atoms with Crippen LogP contribution in [0.5, 0.6) is 0 Å². The molecule has 0 saturated heterocycles. The summed E-state index contributed by atoms with van der Waals surface area (Å²) >= 11 is 1.67. The summed E-state index contributed by atoms with van der Waals surface area (Å²) < 4.78 is 0. The zero-order chi connectivity index (χ0) is 11.7. The van der Waals surface area contributed by atoms with Gasteiger partial charge in [0, 0.05) is 11.1 Å². The molecule has 0 aliphatic heterocycles. The molecule has 0 radical (unpaired) electrons. The van der Waals surface area contributed by atoms with Gasteiger partial charge in [0.2, 0.25) is 0 Å². The van der Waals surface area contributed by atoms with Crippen molar-refractivity contribution in [3.8, 4) is 0 Å². The van der Waals surface area contributed by atoms with Crippen LogP contribution < -0.4 is 5.73 Å². The first-order chi connectivity index (χ1) is 7.56. The molecule has 3 heteroatoms. The summed E-state index contributed by atoms with van der Waals surface area (Å²) in [6.45, 7) is 6.20. The largest absolute Gasteiger partial charge is 0.320 e. The van der Waals surface area contributed by atoms with Gasteiger partial charge in [0.05, 0.1) is 11.0 Å². The van der Waals surface area contributed by atoms with Crippen LogP contribution in [0.4, 0.5) is 0 Å². The Labute approximate surface area is 100 Å². The van der Waals surface area contributed by atoms with E-state index in [0.29, 0.717) is 0 Å². The van der Waals surface area contributed by atoms with Crippen molar-refractivity contribution in [2.24, 2.45) is 5.73 Å². The molecule has 0 saturated carbocycles. The van der Waals surface area contributed by atoms with Crippen LogP contribution in [0.3, 0.4) is 0 Å². The monoisotopic (exact) mass is 232 g/mol. The first-order valence-corrected chi connectivity index (χ1v) is 6.14. The van der Waals surface area contributed by atoms with Gasteiger partial charge < -0.3 is 5.73 Å². The highest BCUT2D eigenvalue weighted by Gasteiger charge is 2.12. The summed E-state index contributed by atoms with van der Waals surface area (Å²) in [5, 5.41) is 1.06. The van der Waals surface area contributed by atoms with Gasteiger partial charge in [0.25, 0.3) is 0 Å². The number of hydrogen-bond donors (Lipinski definition) is 1. The van der Waals surface area contributed by atoms with Crippen molar-refractivity contribution in [2.45, 2.75) is 26.8 Å². The predicted molar refractivity (Wildman–Crippen MR) is 68.8 cm³/mol. The first kappa shape index (κ1) is 11.3. The van der Waals surface area contributed by atoms with E-state index in [1.54, 1.807) is 11.3 Å². The standard InChI is InChI=1S/C13H16N2S/c1-8-4-9(2)6-11(5-8)13(14)12-7-15-10(3)16-12/h4-7,13H,14H2,1-3H3. The molecule has 2 aromatic rings. The first-order valence-electron chi connectivity index (χ1n) is 5.32. The Kier molecular flexibility index (Phi) is 3.08. The number of aromatic nitrogens is 1. The Balaban J connectivity index is 2.37. The lowest BCUT2D eigenvalue weighted by Crippen LogP contribution is -2.10. The quantitative estimate of drug-likeness (QED) is 0.864. The molecule has 0 amide bonds. The third-order valence-electron chi connectivity index (χ3n) is 2.55. The number of benzene rings is 1. The lowest BCUT2D eigenvalue weighted by atomic mass is 10.0. The molecule has 1 aromatic heterocycles. The Bertz CT molecular complexity index is 482. The van der Waals surface area contributed by atoms with E-state index in [-0.39, 0.29) is 6.04 Å². The number of rotatable bonds is 2. The van der Waals surface area contributed by atoms with Gasteiger partial charge in [-0.05, 0) is 26.3 Å². The summed E-state index contributed by atoms with van der Waals surface area (Å²) in [7, 11) is 0. The van der Waals surface area contributed by atoms with E-state index in [1.807, 2.05) is 13.1 Å². The molecule has 1 atom stereocenters. The van der Waals surface area contributed by atoms with E-state index < -0.39 is 0 Å². The van der Waals surface area contributed by atoms with Crippen molar-refractivity contribution in [3.63, 3.8) is 0 Å². The van der Waals surface area contributed by atoms with Crippen molar-refractivity contribution in [1.29, 1.82) is 0 Å². The van der Waals surface area contributed by atoms with Gasteiger partial charge in [0.1, 0.15) is 0 Å². The molecule has 2 rings (SSSR count). The zero-order valence-electron chi connectivity index (χ0n) is 9.82. The van der Waals surface area contributed by atoms with Crippen molar-refractivity contribution in [1.82, 2.24) is 4.98 Å². The van der Waals surface area contributed by atoms with Crippen molar-refractivity contribution in [2.75, 3.05) is 0 Å². The normalized spacial score (nSPS) is 12.8. The average molecular weight is 232 g/mol. The van der Waals surface area contributed by atoms with Crippen LogP contribution in [0, 0.1) is 20.8 Å². The van der Waals surface area contributed by atoms with E-state index in [2.05, 4.69) is 37.0 Å². The van der Waals surface area contributed by atoms with Crippen LogP contribution in [0.25, 0.3) is 0 Å². The van der Waals surface area contributed by atoms with Gasteiger partial charge in [0.15, 0.2) is 0 Å². The molecule has 0 bridgehead atoms. The SMILES string of the molecule is Cc1cc(C)cc(C(N)c2cnc(C)s2)c1. The third kappa shape index (κ3) is 2.31. The third-order valence-corrected chi connectivity index (χ3v) is 3.54. The van der Waals surface area contributed by atoms with Gasteiger partial charge in [-0.1, -0.05) is 29.3 Å². The van der Waals surface area contributed by atoms with E-state index in [1.165, 1.54) is 16.7 Å².